The third kappa shape index (κ3) is 7.64. The molecule has 0 radical (unpaired) electrons. The summed E-state index contributed by atoms with van der Waals surface area (Å²) in [7, 11) is 0.0668. The number of hydrogen-bond acceptors (Lipinski definition) is 5. The smallest absolute Gasteiger partial charge is 0.213 e. The van der Waals surface area contributed by atoms with Gasteiger partial charge >= 0.3 is 0 Å². The average Bonchev–Trinajstić information content (AvgIpc) is 2.82. The van der Waals surface area contributed by atoms with Gasteiger partial charge in [-0.2, -0.15) is 0 Å². The van der Waals surface area contributed by atoms with E-state index in [1.807, 2.05) is 31.2 Å². The van der Waals surface area contributed by atoms with Crippen LogP contribution in [0.25, 0.3) is 11.1 Å². The second kappa shape index (κ2) is 11.8. The molecule has 0 spiro atoms. The Kier molecular flexibility index (Phi) is 9.17. The lowest BCUT2D eigenvalue weighted by Gasteiger charge is -2.32. The van der Waals surface area contributed by atoms with E-state index in [0.29, 0.717) is 17.2 Å². The summed E-state index contributed by atoms with van der Waals surface area (Å²) in [5.74, 6) is 0.547. The fourth-order valence-corrected chi connectivity index (χ4v) is 5.76. The first-order valence-electron chi connectivity index (χ1n) is 12.2. The van der Waals surface area contributed by atoms with Crippen LogP contribution in [-0.4, -0.2) is 36.9 Å². The maximum absolute atomic E-state index is 14.9. The normalized spacial score (nSPS) is 15.1. The number of methoxy groups -OCH3 is 2. The molecular weight excluding hydrogens is 492 g/mol. The van der Waals surface area contributed by atoms with Crippen molar-refractivity contribution in [3.8, 4) is 22.8 Å². The van der Waals surface area contributed by atoms with Crippen molar-refractivity contribution in [3.05, 3.63) is 77.2 Å². The van der Waals surface area contributed by atoms with Crippen molar-refractivity contribution in [3.63, 3.8) is 0 Å². The Morgan fingerprint density at radius 2 is 1.78 bits per heavy atom. The SMILES string of the molecule is COc1ccc(F)c(-c2ccc(COc3cc([C@H](C)CP(C)(=O)O)ccn3)cc2[C@@H](OC)C(C)(C)C)c1. The molecule has 0 amide bonds. The number of nitrogens with zero attached hydrogens (tertiary/aromatic N) is 1. The van der Waals surface area contributed by atoms with E-state index in [4.69, 9.17) is 14.2 Å². The van der Waals surface area contributed by atoms with Gasteiger partial charge in [-0.05, 0) is 63.9 Å². The summed E-state index contributed by atoms with van der Waals surface area (Å²) in [5.41, 5.74) is 3.52. The minimum absolute atomic E-state index is 0.107. The number of halogens is 1. The fourth-order valence-electron chi connectivity index (χ4n) is 4.53. The highest BCUT2D eigenvalue weighted by atomic mass is 31.2. The maximum Gasteiger partial charge on any atom is 0.213 e. The largest absolute Gasteiger partial charge is 0.497 e. The van der Waals surface area contributed by atoms with E-state index < -0.39 is 7.37 Å². The van der Waals surface area contributed by atoms with Crippen LogP contribution in [0.1, 0.15) is 56.4 Å². The van der Waals surface area contributed by atoms with Crippen LogP contribution in [0.2, 0.25) is 0 Å². The number of rotatable bonds is 10. The van der Waals surface area contributed by atoms with Gasteiger partial charge in [-0.25, -0.2) is 9.37 Å². The second-order valence-corrected chi connectivity index (χ2v) is 13.1. The summed E-state index contributed by atoms with van der Waals surface area (Å²) in [6.45, 7) is 9.75. The van der Waals surface area contributed by atoms with Crippen molar-refractivity contribution in [1.82, 2.24) is 4.98 Å². The average molecular weight is 530 g/mol. The third-order valence-corrected chi connectivity index (χ3v) is 7.44. The first kappa shape index (κ1) is 28.8. The van der Waals surface area contributed by atoms with Crippen LogP contribution in [0.4, 0.5) is 4.39 Å². The molecule has 1 N–H and O–H groups in total. The molecule has 0 saturated heterocycles. The van der Waals surface area contributed by atoms with Gasteiger partial charge in [0.25, 0.3) is 0 Å². The van der Waals surface area contributed by atoms with Crippen LogP contribution in [-0.2, 0) is 15.9 Å². The van der Waals surface area contributed by atoms with Crippen LogP contribution in [0.3, 0.4) is 0 Å². The van der Waals surface area contributed by atoms with Gasteiger partial charge in [-0.3, -0.25) is 4.57 Å². The summed E-state index contributed by atoms with van der Waals surface area (Å²) >= 11 is 0. The van der Waals surface area contributed by atoms with E-state index >= 15 is 0 Å². The molecule has 1 unspecified atom stereocenters. The topological polar surface area (TPSA) is 77.9 Å². The second-order valence-electron chi connectivity index (χ2n) is 10.6. The first-order chi connectivity index (χ1) is 17.3. The van der Waals surface area contributed by atoms with Crippen LogP contribution < -0.4 is 9.47 Å². The quantitative estimate of drug-likeness (QED) is 0.280. The molecule has 3 rings (SSSR count). The highest BCUT2D eigenvalue weighted by Crippen LogP contribution is 2.43. The monoisotopic (exact) mass is 529 g/mol. The molecule has 0 saturated carbocycles. The maximum atomic E-state index is 14.9. The summed E-state index contributed by atoms with van der Waals surface area (Å²) in [4.78, 5) is 14.0. The molecule has 0 bridgehead atoms. The zero-order chi connectivity index (χ0) is 27.4. The van der Waals surface area contributed by atoms with Gasteiger partial charge in [-0.1, -0.05) is 39.8 Å². The molecule has 0 aliphatic heterocycles. The molecule has 37 heavy (non-hydrogen) atoms. The number of aromatic nitrogens is 1. The standard InChI is InChI=1S/C29H37FNO5P/c1-19(18-37(7,32)33)21-12-13-31-27(15-21)36-17-20-8-10-23(24-16-22(34-5)9-11-26(24)30)25(14-20)28(35-6)29(2,3)4/h8-16,19,28H,17-18H2,1-7H3,(H,32,33)/t19-,28-/m1/s1. The van der Waals surface area contributed by atoms with Gasteiger partial charge < -0.3 is 19.1 Å². The zero-order valence-electron chi connectivity index (χ0n) is 22.6. The van der Waals surface area contributed by atoms with Gasteiger partial charge in [0.15, 0.2) is 7.37 Å². The lowest BCUT2D eigenvalue weighted by Crippen LogP contribution is -2.21. The lowest BCUT2D eigenvalue weighted by atomic mass is 9.81. The van der Waals surface area contributed by atoms with Crippen LogP contribution in [0, 0.1) is 11.2 Å². The molecule has 8 heteroatoms. The number of hydrogen-bond donors (Lipinski definition) is 1. The van der Waals surface area contributed by atoms with Crippen molar-refractivity contribution in [2.75, 3.05) is 27.0 Å². The molecule has 3 aromatic rings. The van der Waals surface area contributed by atoms with Gasteiger partial charge in [-0.15, -0.1) is 0 Å². The van der Waals surface area contributed by atoms with Crippen molar-refractivity contribution in [2.24, 2.45) is 5.41 Å². The van der Waals surface area contributed by atoms with Gasteiger partial charge in [0.05, 0.1) is 13.2 Å². The van der Waals surface area contributed by atoms with Crippen molar-refractivity contribution in [1.29, 1.82) is 0 Å². The van der Waals surface area contributed by atoms with Gasteiger partial charge in [0, 0.05) is 37.8 Å². The Bertz CT molecular complexity index is 1270. The number of ether oxygens (including phenoxy) is 3. The third-order valence-electron chi connectivity index (χ3n) is 6.21. The van der Waals surface area contributed by atoms with Crippen LogP contribution in [0.5, 0.6) is 11.6 Å². The molecular formula is C29H37FNO5P. The fraction of sp³-hybridized carbons (Fsp3) is 0.414. The lowest BCUT2D eigenvalue weighted by molar-refractivity contribution is 0.0155. The Labute approximate surface area is 219 Å². The summed E-state index contributed by atoms with van der Waals surface area (Å²) in [6, 6.07) is 14.1. The molecule has 6 nitrogen and oxygen atoms in total. The Morgan fingerprint density at radius 3 is 2.41 bits per heavy atom. The van der Waals surface area contributed by atoms with E-state index in [9.17, 15) is 13.8 Å². The molecule has 0 fully saturated rings. The first-order valence-corrected chi connectivity index (χ1v) is 14.5. The highest BCUT2D eigenvalue weighted by Gasteiger charge is 2.29. The predicted molar refractivity (Wildman–Crippen MR) is 145 cm³/mol. The van der Waals surface area contributed by atoms with Gasteiger partial charge in [0.2, 0.25) is 5.88 Å². The predicted octanol–water partition coefficient (Wildman–Crippen LogP) is 7.21. The molecule has 0 aliphatic carbocycles. The summed E-state index contributed by atoms with van der Waals surface area (Å²) in [5, 5.41) is 0. The summed E-state index contributed by atoms with van der Waals surface area (Å²) in [6.07, 6.45) is 1.52. The molecule has 3 atom stereocenters. The molecule has 1 aromatic heterocycles. The minimum Gasteiger partial charge on any atom is -0.497 e. The number of pyridine rings is 1. The van der Waals surface area contributed by atoms with E-state index in [1.165, 1.54) is 12.7 Å². The molecule has 200 valence electrons. The van der Waals surface area contributed by atoms with E-state index in [0.717, 1.165) is 22.3 Å². The molecule has 0 aliphatic rings. The van der Waals surface area contributed by atoms with Crippen molar-refractivity contribution >= 4 is 7.37 Å². The van der Waals surface area contributed by atoms with E-state index in [2.05, 4.69) is 25.8 Å². The number of benzene rings is 2. The minimum atomic E-state index is -3.14. The highest BCUT2D eigenvalue weighted by molar-refractivity contribution is 7.57. The Balaban J connectivity index is 1.94. The zero-order valence-corrected chi connectivity index (χ0v) is 23.5. The van der Waals surface area contributed by atoms with Crippen molar-refractivity contribution < 1.29 is 28.1 Å². The van der Waals surface area contributed by atoms with E-state index in [-0.39, 0.29) is 36.0 Å². The Morgan fingerprint density at radius 1 is 1.05 bits per heavy atom. The molecule has 2 aromatic carbocycles. The van der Waals surface area contributed by atoms with Crippen molar-refractivity contribution in [2.45, 2.75) is 46.3 Å². The summed E-state index contributed by atoms with van der Waals surface area (Å²) < 4.78 is 44.0. The van der Waals surface area contributed by atoms with Crippen LogP contribution >= 0.6 is 7.37 Å². The Hall–Kier alpha value is -2.73. The van der Waals surface area contributed by atoms with Gasteiger partial charge in [0.1, 0.15) is 18.2 Å². The van der Waals surface area contributed by atoms with E-state index in [1.54, 1.807) is 38.6 Å². The molecule has 1 heterocycles. The van der Waals surface area contributed by atoms with Crippen LogP contribution in [0.15, 0.2) is 54.7 Å².